The molecule has 0 spiro atoms. The Labute approximate surface area is 158 Å². The average molecular weight is 391 g/mol. The van der Waals surface area contributed by atoms with Gasteiger partial charge in [-0.3, -0.25) is 4.79 Å². The number of benzene rings is 2. The van der Waals surface area contributed by atoms with Gasteiger partial charge in [0, 0.05) is 20.5 Å². The summed E-state index contributed by atoms with van der Waals surface area (Å²) in [7, 11) is 0. The second-order valence-corrected chi connectivity index (χ2v) is 6.87. The number of rotatable bonds is 5. The highest BCUT2D eigenvalue weighted by Gasteiger charge is 2.05. The molecular formula is C18H12Cl2N2O2S. The molecule has 7 heteroatoms. The van der Waals surface area contributed by atoms with Gasteiger partial charge < -0.3 is 4.42 Å². The topological polar surface area (TPSA) is 54.6 Å². The normalized spacial score (nSPS) is 11.0. The monoisotopic (exact) mass is 390 g/mol. The highest BCUT2D eigenvalue weighted by molar-refractivity contribution is 7.99. The van der Waals surface area contributed by atoms with Crippen LogP contribution in [0.5, 0.6) is 0 Å². The maximum atomic E-state index is 11.9. The molecule has 0 aliphatic heterocycles. The molecule has 0 radical (unpaired) electrons. The first kappa shape index (κ1) is 17.6. The molecule has 0 bridgehead atoms. The Hall–Kier alpha value is -2.21. The van der Waals surface area contributed by atoms with E-state index in [4.69, 9.17) is 27.6 Å². The van der Waals surface area contributed by atoms with Gasteiger partial charge in [0.15, 0.2) is 5.09 Å². The van der Waals surface area contributed by atoms with Crippen LogP contribution in [0.2, 0.25) is 10.0 Å². The van der Waals surface area contributed by atoms with Gasteiger partial charge >= 0.3 is 0 Å². The SMILES string of the molecule is O=C(N/N=C\c1ccc(Sc2ccc(Cl)cc2)o1)c1cccc(Cl)c1. The number of hydrogen-bond donors (Lipinski definition) is 1. The summed E-state index contributed by atoms with van der Waals surface area (Å²) in [6.45, 7) is 0. The molecule has 0 aliphatic rings. The van der Waals surface area contributed by atoms with Crippen molar-refractivity contribution >= 4 is 47.1 Å². The van der Waals surface area contributed by atoms with Crippen LogP contribution in [0.3, 0.4) is 0 Å². The van der Waals surface area contributed by atoms with Crippen molar-refractivity contribution in [2.45, 2.75) is 9.99 Å². The molecule has 0 unspecified atom stereocenters. The number of hydrogen-bond acceptors (Lipinski definition) is 4. The zero-order valence-corrected chi connectivity index (χ0v) is 15.1. The summed E-state index contributed by atoms with van der Waals surface area (Å²) >= 11 is 13.2. The first-order valence-corrected chi connectivity index (χ1v) is 8.79. The molecule has 0 atom stereocenters. The third-order valence-electron chi connectivity index (χ3n) is 3.08. The van der Waals surface area contributed by atoms with E-state index in [1.54, 1.807) is 30.3 Å². The summed E-state index contributed by atoms with van der Waals surface area (Å²) in [5.74, 6) is 0.184. The van der Waals surface area contributed by atoms with E-state index in [1.807, 2.05) is 30.3 Å². The standard InChI is InChI=1S/C18H12Cl2N2O2S/c19-13-4-7-16(8-5-13)25-17-9-6-15(24-17)11-21-22-18(23)12-2-1-3-14(20)10-12/h1-11H,(H,22,23)/b21-11-. The molecule has 126 valence electrons. The van der Waals surface area contributed by atoms with E-state index in [9.17, 15) is 4.79 Å². The van der Waals surface area contributed by atoms with Crippen molar-refractivity contribution < 1.29 is 9.21 Å². The van der Waals surface area contributed by atoms with E-state index >= 15 is 0 Å². The van der Waals surface area contributed by atoms with Crippen LogP contribution in [-0.4, -0.2) is 12.1 Å². The summed E-state index contributed by atoms with van der Waals surface area (Å²) in [5, 5.41) is 5.78. The summed E-state index contributed by atoms with van der Waals surface area (Å²) < 4.78 is 5.63. The van der Waals surface area contributed by atoms with Crippen LogP contribution in [0.25, 0.3) is 0 Å². The van der Waals surface area contributed by atoms with Crippen molar-refractivity contribution in [1.82, 2.24) is 5.43 Å². The fraction of sp³-hybridized carbons (Fsp3) is 0. The van der Waals surface area contributed by atoms with Crippen LogP contribution in [-0.2, 0) is 0 Å². The van der Waals surface area contributed by atoms with Crippen molar-refractivity contribution in [1.29, 1.82) is 0 Å². The molecule has 1 heterocycles. The minimum absolute atomic E-state index is 0.346. The lowest BCUT2D eigenvalue weighted by Gasteiger charge is -1.99. The minimum Gasteiger partial charge on any atom is -0.448 e. The van der Waals surface area contributed by atoms with Crippen molar-refractivity contribution in [2.75, 3.05) is 0 Å². The first-order chi connectivity index (χ1) is 12.1. The Bertz CT molecular complexity index is 907. The molecule has 2 aromatic carbocycles. The van der Waals surface area contributed by atoms with Crippen molar-refractivity contribution in [2.24, 2.45) is 5.10 Å². The fourth-order valence-electron chi connectivity index (χ4n) is 1.93. The Morgan fingerprint density at radius 1 is 1.04 bits per heavy atom. The molecule has 3 rings (SSSR count). The molecule has 25 heavy (non-hydrogen) atoms. The van der Waals surface area contributed by atoms with E-state index < -0.39 is 0 Å². The van der Waals surface area contributed by atoms with Crippen LogP contribution in [0.1, 0.15) is 16.1 Å². The molecule has 0 saturated heterocycles. The molecule has 0 aliphatic carbocycles. The predicted octanol–water partition coefficient (Wildman–Crippen LogP) is 5.50. The number of carbonyl (C=O) groups is 1. The number of nitrogens with zero attached hydrogens (tertiary/aromatic N) is 1. The Morgan fingerprint density at radius 2 is 1.84 bits per heavy atom. The van der Waals surface area contributed by atoms with E-state index in [-0.39, 0.29) is 5.91 Å². The first-order valence-electron chi connectivity index (χ1n) is 7.22. The van der Waals surface area contributed by atoms with Gasteiger partial charge in [-0.1, -0.05) is 41.0 Å². The van der Waals surface area contributed by atoms with Crippen LogP contribution in [0.4, 0.5) is 0 Å². The maximum absolute atomic E-state index is 11.9. The lowest BCUT2D eigenvalue weighted by atomic mass is 10.2. The second-order valence-electron chi connectivity index (χ2n) is 4.92. The molecule has 4 nitrogen and oxygen atoms in total. The van der Waals surface area contributed by atoms with Gasteiger partial charge in [0.25, 0.3) is 5.91 Å². The van der Waals surface area contributed by atoms with Crippen molar-refractivity contribution in [3.05, 3.63) is 82.0 Å². The Morgan fingerprint density at radius 3 is 2.60 bits per heavy atom. The van der Waals surface area contributed by atoms with E-state index in [0.29, 0.717) is 26.5 Å². The van der Waals surface area contributed by atoms with Crippen molar-refractivity contribution in [3.63, 3.8) is 0 Å². The molecule has 1 amide bonds. The molecule has 0 fully saturated rings. The van der Waals surface area contributed by atoms with Gasteiger partial charge in [-0.05, 0) is 54.6 Å². The lowest BCUT2D eigenvalue weighted by molar-refractivity contribution is 0.0955. The van der Waals surface area contributed by atoms with E-state index in [2.05, 4.69) is 10.5 Å². The predicted molar refractivity (Wildman–Crippen MR) is 101 cm³/mol. The smallest absolute Gasteiger partial charge is 0.271 e. The van der Waals surface area contributed by atoms with Gasteiger partial charge in [-0.25, -0.2) is 5.43 Å². The molecule has 1 N–H and O–H groups in total. The van der Waals surface area contributed by atoms with Crippen LogP contribution in [0.15, 0.2) is 80.2 Å². The second kappa shape index (κ2) is 8.25. The highest BCUT2D eigenvalue weighted by Crippen LogP contribution is 2.29. The average Bonchev–Trinajstić information content (AvgIpc) is 3.04. The van der Waals surface area contributed by atoms with Crippen molar-refractivity contribution in [3.8, 4) is 0 Å². The lowest BCUT2D eigenvalue weighted by Crippen LogP contribution is -2.17. The van der Waals surface area contributed by atoms with Crippen LogP contribution >= 0.6 is 35.0 Å². The largest absolute Gasteiger partial charge is 0.448 e. The van der Waals surface area contributed by atoms with Gasteiger partial charge in [0.2, 0.25) is 0 Å². The number of amides is 1. The fourth-order valence-corrected chi connectivity index (χ4v) is 3.02. The summed E-state index contributed by atoms with van der Waals surface area (Å²) in [6, 6.07) is 17.7. The molecule has 1 aromatic heterocycles. The minimum atomic E-state index is -0.346. The Balaban J connectivity index is 1.58. The van der Waals surface area contributed by atoms with E-state index in [0.717, 1.165) is 4.90 Å². The van der Waals surface area contributed by atoms with Gasteiger partial charge in [0.05, 0.1) is 6.21 Å². The summed E-state index contributed by atoms with van der Waals surface area (Å²) in [4.78, 5) is 12.9. The summed E-state index contributed by atoms with van der Waals surface area (Å²) in [5.41, 5.74) is 2.86. The number of furan rings is 1. The number of nitrogens with one attached hydrogen (secondary N) is 1. The van der Waals surface area contributed by atoms with Gasteiger partial charge in [0.1, 0.15) is 5.76 Å². The Kier molecular flexibility index (Phi) is 5.81. The zero-order valence-electron chi connectivity index (χ0n) is 12.8. The molecule has 3 aromatic rings. The third kappa shape index (κ3) is 5.13. The summed E-state index contributed by atoms with van der Waals surface area (Å²) in [6.07, 6.45) is 1.44. The zero-order chi connectivity index (χ0) is 17.6. The van der Waals surface area contributed by atoms with E-state index in [1.165, 1.54) is 18.0 Å². The van der Waals surface area contributed by atoms with Gasteiger partial charge in [-0.2, -0.15) is 5.10 Å². The molecule has 0 saturated carbocycles. The third-order valence-corrected chi connectivity index (χ3v) is 4.49. The number of halogens is 2. The number of carbonyl (C=O) groups excluding carboxylic acids is 1. The quantitative estimate of drug-likeness (QED) is 0.462. The maximum Gasteiger partial charge on any atom is 0.271 e. The highest BCUT2D eigenvalue weighted by atomic mass is 35.5. The van der Waals surface area contributed by atoms with Crippen LogP contribution in [0, 0.1) is 0 Å². The van der Waals surface area contributed by atoms with Gasteiger partial charge in [-0.15, -0.1) is 0 Å². The molecular weight excluding hydrogens is 379 g/mol. The van der Waals surface area contributed by atoms with Crippen LogP contribution < -0.4 is 5.43 Å². The number of hydrazone groups is 1.